The maximum absolute atomic E-state index is 11.7. The Morgan fingerprint density at radius 1 is 1.30 bits per heavy atom. The van der Waals surface area contributed by atoms with E-state index in [0.29, 0.717) is 12.1 Å². The molecular formula is C13H19NO6. The smallest absolute Gasteiger partial charge is 0.429 e. The zero-order valence-electron chi connectivity index (χ0n) is 12.1. The summed E-state index contributed by atoms with van der Waals surface area (Å²) >= 11 is 0. The van der Waals surface area contributed by atoms with Crippen LogP contribution in [0.3, 0.4) is 0 Å². The maximum Gasteiger partial charge on any atom is 0.509 e. The van der Waals surface area contributed by atoms with Gasteiger partial charge in [-0.05, 0) is 34.1 Å². The molecule has 112 valence electrons. The van der Waals surface area contributed by atoms with E-state index in [-0.39, 0.29) is 12.3 Å². The van der Waals surface area contributed by atoms with Crippen LogP contribution in [0.25, 0.3) is 0 Å². The summed E-state index contributed by atoms with van der Waals surface area (Å²) in [6, 6.07) is 0. The lowest BCUT2D eigenvalue weighted by molar-refractivity contribution is -0.194. The minimum Gasteiger partial charge on any atom is -0.429 e. The average molecular weight is 285 g/mol. The van der Waals surface area contributed by atoms with Gasteiger partial charge in [-0.1, -0.05) is 6.58 Å². The minimum absolute atomic E-state index is 0.243. The van der Waals surface area contributed by atoms with Crippen LogP contribution in [0.1, 0.15) is 40.5 Å². The molecule has 7 heteroatoms. The molecule has 0 spiro atoms. The van der Waals surface area contributed by atoms with Crippen LogP contribution in [0.15, 0.2) is 12.3 Å². The summed E-state index contributed by atoms with van der Waals surface area (Å²) in [5.41, 5.74) is -0.326. The van der Waals surface area contributed by atoms with Gasteiger partial charge in [0.15, 0.2) is 0 Å². The monoisotopic (exact) mass is 285 g/mol. The van der Waals surface area contributed by atoms with E-state index in [9.17, 15) is 14.4 Å². The second-order valence-electron chi connectivity index (χ2n) is 5.39. The van der Waals surface area contributed by atoms with Crippen LogP contribution in [0.2, 0.25) is 0 Å². The van der Waals surface area contributed by atoms with Crippen molar-refractivity contribution in [1.29, 1.82) is 0 Å². The van der Waals surface area contributed by atoms with E-state index in [1.54, 1.807) is 20.8 Å². The lowest BCUT2D eigenvalue weighted by atomic mass is 10.2. The normalized spacial score (nSPS) is 16.9. The molecule has 1 rings (SSSR count). The van der Waals surface area contributed by atoms with Gasteiger partial charge in [0.25, 0.3) is 5.91 Å². The van der Waals surface area contributed by atoms with Crippen molar-refractivity contribution in [1.82, 2.24) is 5.06 Å². The molecule has 0 unspecified atom stereocenters. The number of hydrogen-bond acceptors (Lipinski definition) is 6. The van der Waals surface area contributed by atoms with Crippen LogP contribution >= 0.6 is 0 Å². The summed E-state index contributed by atoms with van der Waals surface area (Å²) in [7, 11) is 0. The van der Waals surface area contributed by atoms with E-state index in [2.05, 4.69) is 6.58 Å². The molecular weight excluding hydrogens is 266 g/mol. The largest absolute Gasteiger partial charge is 0.509 e. The van der Waals surface area contributed by atoms with Gasteiger partial charge in [-0.2, -0.15) is 0 Å². The molecule has 1 heterocycles. The number of carbonyl (C=O) groups is 3. The van der Waals surface area contributed by atoms with Crippen molar-refractivity contribution in [2.75, 3.05) is 0 Å². The first kappa shape index (κ1) is 16.0. The van der Waals surface area contributed by atoms with E-state index < -0.39 is 23.8 Å². The van der Waals surface area contributed by atoms with Crippen LogP contribution < -0.4 is 0 Å². The summed E-state index contributed by atoms with van der Waals surface area (Å²) < 4.78 is 9.67. The van der Waals surface area contributed by atoms with Crippen LogP contribution in [0.5, 0.6) is 0 Å². The Morgan fingerprint density at radius 3 is 2.35 bits per heavy atom. The molecule has 0 bridgehead atoms. The first-order chi connectivity index (χ1) is 9.10. The molecule has 0 aromatic rings. The molecule has 7 nitrogen and oxygen atoms in total. The molecule has 0 aliphatic carbocycles. The highest BCUT2D eigenvalue weighted by Gasteiger charge is 2.31. The van der Waals surface area contributed by atoms with Gasteiger partial charge in [0.1, 0.15) is 5.60 Å². The summed E-state index contributed by atoms with van der Waals surface area (Å²) in [6.07, 6.45) is -1.49. The number of nitrogens with zero attached hydrogens (tertiary/aromatic N) is 1. The van der Waals surface area contributed by atoms with E-state index in [0.717, 1.165) is 5.06 Å². The number of carbonyl (C=O) groups excluding carboxylic acids is 3. The van der Waals surface area contributed by atoms with Gasteiger partial charge < -0.3 is 14.3 Å². The molecule has 0 radical (unpaired) electrons. The fraction of sp³-hybridized carbons (Fsp3) is 0.615. The fourth-order valence-corrected chi connectivity index (χ4v) is 1.38. The van der Waals surface area contributed by atoms with Crippen LogP contribution in [0.4, 0.5) is 4.79 Å². The van der Waals surface area contributed by atoms with Crippen molar-refractivity contribution >= 4 is 18.0 Å². The molecule has 1 fully saturated rings. The summed E-state index contributed by atoms with van der Waals surface area (Å²) in [6.45, 7) is 9.94. The Kier molecular flexibility index (Phi) is 4.75. The van der Waals surface area contributed by atoms with Gasteiger partial charge in [0.05, 0.1) is 5.70 Å². The number of allylic oxidation sites excluding steroid dienone is 1. The first-order valence-corrected chi connectivity index (χ1v) is 6.22. The van der Waals surface area contributed by atoms with Crippen LogP contribution in [0, 0.1) is 0 Å². The highest BCUT2D eigenvalue weighted by atomic mass is 16.8. The van der Waals surface area contributed by atoms with Crippen molar-refractivity contribution < 1.29 is 28.7 Å². The molecule has 0 N–H and O–H groups in total. The standard InChI is InChI=1S/C13H19NO6/c1-8-6-7-10(15)14(8)20-11(16)9(2)18-12(17)19-13(3,4)5/h9H,1,6-7H2,2-5H3/t9-/m0/s1. The second-order valence-corrected chi connectivity index (χ2v) is 5.39. The number of ether oxygens (including phenoxy) is 2. The molecule has 1 aliphatic heterocycles. The van der Waals surface area contributed by atoms with Crippen molar-refractivity contribution in [3.05, 3.63) is 12.3 Å². The molecule has 1 aliphatic rings. The van der Waals surface area contributed by atoms with E-state index >= 15 is 0 Å². The summed E-state index contributed by atoms with van der Waals surface area (Å²) in [5.74, 6) is -1.22. The average Bonchev–Trinajstić information content (AvgIpc) is 2.57. The molecule has 0 saturated carbocycles. The Labute approximate surface area is 117 Å². The zero-order chi connectivity index (χ0) is 15.5. The number of amides is 1. The number of rotatable bonds is 3. The second kappa shape index (κ2) is 5.94. The van der Waals surface area contributed by atoms with E-state index in [1.165, 1.54) is 6.92 Å². The minimum atomic E-state index is -1.19. The third kappa shape index (κ3) is 4.56. The quantitative estimate of drug-likeness (QED) is 0.737. The van der Waals surface area contributed by atoms with Crippen LogP contribution in [-0.4, -0.2) is 34.8 Å². The summed E-state index contributed by atoms with van der Waals surface area (Å²) in [4.78, 5) is 39.3. The third-order valence-electron chi connectivity index (χ3n) is 2.32. The molecule has 1 atom stereocenters. The lowest BCUT2D eigenvalue weighted by Gasteiger charge is -2.21. The molecule has 1 saturated heterocycles. The van der Waals surface area contributed by atoms with Gasteiger partial charge in [0, 0.05) is 6.42 Å². The van der Waals surface area contributed by atoms with Gasteiger partial charge in [0.2, 0.25) is 6.10 Å². The van der Waals surface area contributed by atoms with Crippen LogP contribution in [-0.2, 0) is 23.9 Å². The highest BCUT2D eigenvalue weighted by Crippen LogP contribution is 2.21. The Bertz CT molecular complexity index is 421. The Hall–Kier alpha value is -2.05. The predicted octanol–water partition coefficient (Wildman–Crippen LogP) is 1.92. The van der Waals surface area contributed by atoms with Crippen molar-refractivity contribution in [3.63, 3.8) is 0 Å². The van der Waals surface area contributed by atoms with Gasteiger partial charge in [-0.15, -0.1) is 5.06 Å². The highest BCUT2D eigenvalue weighted by molar-refractivity contribution is 5.83. The Balaban J connectivity index is 2.49. The first-order valence-electron chi connectivity index (χ1n) is 6.22. The van der Waals surface area contributed by atoms with Crippen molar-refractivity contribution in [2.45, 2.75) is 52.2 Å². The topological polar surface area (TPSA) is 82.1 Å². The molecule has 20 heavy (non-hydrogen) atoms. The zero-order valence-corrected chi connectivity index (χ0v) is 12.1. The van der Waals surface area contributed by atoms with E-state index in [4.69, 9.17) is 14.3 Å². The lowest BCUT2D eigenvalue weighted by Crippen LogP contribution is -2.35. The van der Waals surface area contributed by atoms with Gasteiger partial charge in [-0.3, -0.25) is 4.79 Å². The SMILES string of the molecule is C=C1CCC(=O)N1OC(=O)[C@H](C)OC(=O)OC(C)(C)C. The molecule has 0 aromatic heterocycles. The van der Waals surface area contributed by atoms with E-state index in [1.807, 2.05) is 0 Å². The number of hydroxylamine groups is 2. The summed E-state index contributed by atoms with van der Waals surface area (Å²) in [5, 5.41) is 0.831. The molecule has 1 amide bonds. The van der Waals surface area contributed by atoms with Gasteiger partial charge in [-0.25, -0.2) is 9.59 Å². The maximum atomic E-state index is 11.7. The fourth-order valence-electron chi connectivity index (χ4n) is 1.38. The van der Waals surface area contributed by atoms with Gasteiger partial charge >= 0.3 is 12.1 Å². The predicted molar refractivity (Wildman–Crippen MR) is 68.1 cm³/mol. The van der Waals surface area contributed by atoms with Crippen molar-refractivity contribution in [2.24, 2.45) is 0 Å². The third-order valence-corrected chi connectivity index (χ3v) is 2.32. The number of hydrogen-bond donors (Lipinski definition) is 0. The Morgan fingerprint density at radius 2 is 1.90 bits per heavy atom. The van der Waals surface area contributed by atoms with Crippen molar-refractivity contribution in [3.8, 4) is 0 Å². The molecule has 0 aromatic carbocycles.